The van der Waals surface area contributed by atoms with Crippen LogP contribution in [0.1, 0.15) is 16.2 Å². The summed E-state index contributed by atoms with van der Waals surface area (Å²) in [5, 5.41) is 13.1. The first kappa shape index (κ1) is 13.2. The summed E-state index contributed by atoms with van der Waals surface area (Å²) in [5.41, 5.74) is 1.00. The van der Waals surface area contributed by atoms with Gasteiger partial charge < -0.3 is 10.0 Å². The van der Waals surface area contributed by atoms with Crippen LogP contribution in [0, 0.1) is 0 Å². The Morgan fingerprint density at radius 1 is 1.37 bits per heavy atom. The molecule has 1 heterocycles. The molecule has 1 N–H and O–H groups in total. The Kier molecular flexibility index (Phi) is 4.25. The van der Waals surface area contributed by atoms with Gasteiger partial charge in [-0.2, -0.15) is 0 Å². The van der Waals surface area contributed by atoms with Crippen molar-refractivity contribution in [1.29, 1.82) is 0 Å². The number of aliphatic hydroxyl groups excluding tert-OH is 1. The molecular formula is C13H16N4O2. The first-order valence-corrected chi connectivity index (χ1v) is 6.00. The number of carbonyl (C=O) groups excluding carboxylic acids is 1. The van der Waals surface area contributed by atoms with Gasteiger partial charge in [0.25, 0.3) is 5.91 Å². The molecule has 0 saturated heterocycles. The molecule has 0 aliphatic carbocycles. The molecule has 1 amide bonds. The van der Waals surface area contributed by atoms with Gasteiger partial charge in [0.1, 0.15) is 6.33 Å². The summed E-state index contributed by atoms with van der Waals surface area (Å²) < 4.78 is 1.48. The molecular weight excluding hydrogens is 244 g/mol. The molecule has 0 fully saturated rings. The van der Waals surface area contributed by atoms with Crippen LogP contribution < -0.4 is 0 Å². The van der Waals surface area contributed by atoms with Gasteiger partial charge in [-0.15, -0.1) is 5.10 Å². The molecule has 0 atom stereocenters. The molecule has 0 saturated carbocycles. The number of aryl methyl sites for hydroxylation is 1. The average molecular weight is 260 g/mol. The van der Waals surface area contributed by atoms with Crippen LogP contribution >= 0.6 is 0 Å². The Balaban J connectivity index is 2.13. The van der Waals surface area contributed by atoms with Crippen molar-refractivity contribution in [3.8, 4) is 0 Å². The standard InChI is InChI=1S/C13H16N4O2/c1-16-10-14-12(15-16)13(19)17(7-8-18)9-11-5-3-2-4-6-11/h2-6,10,18H,7-9H2,1H3. The summed E-state index contributed by atoms with van der Waals surface area (Å²) in [6.07, 6.45) is 1.48. The number of amides is 1. The molecule has 0 unspecified atom stereocenters. The van der Waals surface area contributed by atoms with Crippen molar-refractivity contribution in [2.75, 3.05) is 13.2 Å². The van der Waals surface area contributed by atoms with Crippen molar-refractivity contribution in [2.24, 2.45) is 7.05 Å². The van der Waals surface area contributed by atoms with E-state index in [0.29, 0.717) is 6.54 Å². The number of hydrogen-bond acceptors (Lipinski definition) is 4. The van der Waals surface area contributed by atoms with Crippen molar-refractivity contribution in [1.82, 2.24) is 19.7 Å². The highest BCUT2D eigenvalue weighted by Crippen LogP contribution is 2.07. The fourth-order valence-corrected chi connectivity index (χ4v) is 1.76. The van der Waals surface area contributed by atoms with E-state index in [1.54, 1.807) is 7.05 Å². The van der Waals surface area contributed by atoms with Gasteiger partial charge in [0.2, 0.25) is 5.82 Å². The number of aromatic nitrogens is 3. The highest BCUT2D eigenvalue weighted by atomic mass is 16.3. The summed E-state index contributed by atoms with van der Waals surface area (Å²) in [7, 11) is 1.71. The van der Waals surface area contributed by atoms with Crippen LogP contribution in [-0.4, -0.2) is 43.8 Å². The molecule has 1 aromatic heterocycles. The summed E-state index contributed by atoms with van der Waals surface area (Å²) in [6.45, 7) is 0.593. The van der Waals surface area contributed by atoms with E-state index in [1.165, 1.54) is 15.9 Å². The fourth-order valence-electron chi connectivity index (χ4n) is 1.76. The summed E-state index contributed by atoms with van der Waals surface area (Å²) >= 11 is 0. The van der Waals surface area contributed by atoms with Crippen molar-refractivity contribution in [2.45, 2.75) is 6.54 Å². The second-order valence-electron chi connectivity index (χ2n) is 4.18. The zero-order valence-corrected chi connectivity index (χ0v) is 10.7. The van der Waals surface area contributed by atoms with E-state index in [-0.39, 0.29) is 24.9 Å². The Labute approximate surface area is 111 Å². The van der Waals surface area contributed by atoms with Crippen molar-refractivity contribution >= 4 is 5.91 Å². The van der Waals surface area contributed by atoms with E-state index < -0.39 is 0 Å². The molecule has 0 bridgehead atoms. The van der Waals surface area contributed by atoms with Crippen molar-refractivity contribution < 1.29 is 9.90 Å². The number of rotatable bonds is 5. The molecule has 0 radical (unpaired) electrons. The zero-order chi connectivity index (χ0) is 13.7. The SMILES string of the molecule is Cn1cnc(C(=O)N(CCO)Cc2ccccc2)n1. The number of nitrogens with zero attached hydrogens (tertiary/aromatic N) is 4. The monoisotopic (exact) mass is 260 g/mol. The van der Waals surface area contributed by atoms with E-state index in [0.717, 1.165) is 5.56 Å². The van der Waals surface area contributed by atoms with Crippen LogP contribution in [0.25, 0.3) is 0 Å². The third-order valence-electron chi connectivity index (χ3n) is 2.66. The van der Waals surface area contributed by atoms with Crippen LogP contribution in [0.15, 0.2) is 36.7 Å². The quantitative estimate of drug-likeness (QED) is 0.847. The van der Waals surface area contributed by atoms with Gasteiger partial charge in [-0.05, 0) is 5.56 Å². The van der Waals surface area contributed by atoms with Gasteiger partial charge in [0.15, 0.2) is 0 Å². The largest absolute Gasteiger partial charge is 0.395 e. The molecule has 1 aromatic carbocycles. The van der Waals surface area contributed by atoms with Gasteiger partial charge in [0, 0.05) is 20.1 Å². The molecule has 0 spiro atoms. The number of hydrogen-bond donors (Lipinski definition) is 1. The lowest BCUT2D eigenvalue weighted by molar-refractivity contribution is 0.0695. The maximum atomic E-state index is 12.2. The van der Waals surface area contributed by atoms with Crippen molar-refractivity contribution in [3.63, 3.8) is 0 Å². The third kappa shape index (κ3) is 3.38. The summed E-state index contributed by atoms with van der Waals surface area (Å²) in [5.74, 6) is -0.134. The van der Waals surface area contributed by atoms with Gasteiger partial charge >= 0.3 is 0 Å². The molecule has 6 nitrogen and oxygen atoms in total. The molecule has 6 heteroatoms. The second-order valence-corrected chi connectivity index (χ2v) is 4.18. The van der Waals surface area contributed by atoms with Crippen LogP contribution in [0.5, 0.6) is 0 Å². The van der Waals surface area contributed by atoms with Gasteiger partial charge in [-0.1, -0.05) is 30.3 Å². The third-order valence-corrected chi connectivity index (χ3v) is 2.66. The van der Waals surface area contributed by atoms with E-state index in [9.17, 15) is 4.79 Å². The Hall–Kier alpha value is -2.21. The summed E-state index contributed by atoms with van der Waals surface area (Å²) in [6, 6.07) is 9.61. The number of benzene rings is 1. The maximum Gasteiger partial charge on any atom is 0.293 e. The lowest BCUT2D eigenvalue weighted by atomic mass is 10.2. The second kappa shape index (κ2) is 6.10. The minimum absolute atomic E-state index is 0.0919. The van der Waals surface area contributed by atoms with Crippen LogP contribution in [-0.2, 0) is 13.6 Å². The smallest absolute Gasteiger partial charge is 0.293 e. The first-order chi connectivity index (χ1) is 9.20. The van der Waals surface area contributed by atoms with Gasteiger partial charge in [0.05, 0.1) is 6.61 Å². The zero-order valence-electron chi connectivity index (χ0n) is 10.7. The predicted octanol–water partition coefficient (Wildman–Crippen LogP) is 0.450. The van der Waals surface area contributed by atoms with Crippen LogP contribution in [0.2, 0.25) is 0 Å². The fraction of sp³-hybridized carbons (Fsp3) is 0.308. The van der Waals surface area contributed by atoms with E-state index in [4.69, 9.17) is 5.11 Å². The molecule has 100 valence electrons. The Morgan fingerprint density at radius 3 is 2.68 bits per heavy atom. The minimum Gasteiger partial charge on any atom is -0.395 e. The average Bonchev–Trinajstić information content (AvgIpc) is 2.85. The first-order valence-electron chi connectivity index (χ1n) is 6.00. The Bertz CT molecular complexity index is 539. The molecule has 19 heavy (non-hydrogen) atoms. The van der Waals surface area contributed by atoms with Gasteiger partial charge in [-0.3, -0.25) is 9.48 Å². The highest BCUT2D eigenvalue weighted by Gasteiger charge is 2.19. The summed E-state index contributed by atoms with van der Waals surface area (Å²) in [4.78, 5) is 17.7. The molecule has 2 aromatic rings. The van der Waals surface area contributed by atoms with E-state index in [1.807, 2.05) is 30.3 Å². The lowest BCUT2D eigenvalue weighted by Gasteiger charge is -2.20. The van der Waals surface area contributed by atoms with Gasteiger partial charge in [-0.25, -0.2) is 4.98 Å². The Morgan fingerprint density at radius 2 is 2.11 bits per heavy atom. The molecule has 2 rings (SSSR count). The molecule has 0 aliphatic rings. The lowest BCUT2D eigenvalue weighted by Crippen LogP contribution is -2.33. The van der Waals surface area contributed by atoms with Crippen LogP contribution in [0.3, 0.4) is 0 Å². The maximum absolute atomic E-state index is 12.2. The normalized spacial score (nSPS) is 10.4. The van der Waals surface area contributed by atoms with E-state index in [2.05, 4.69) is 10.1 Å². The van der Waals surface area contributed by atoms with E-state index >= 15 is 0 Å². The molecule has 0 aliphatic heterocycles. The van der Waals surface area contributed by atoms with Crippen molar-refractivity contribution in [3.05, 3.63) is 48.0 Å². The number of aliphatic hydroxyl groups is 1. The minimum atomic E-state index is -0.279. The topological polar surface area (TPSA) is 71.2 Å². The predicted molar refractivity (Wildman–Crippen MR) is 69.3 cm³/mol. The van der Waals surface area contributed by atoms with Crippen LogP contribution in [0.4, 0.5) is 0 Å². The number of carbonyl (C=O) groups is 1. The highest BCUT2D eigenvalue weighted by molar-refractivity contribution is 5.90.